The fourth-order valence-electron chi connectivity index (χ4n) is 1.33. The summed E-state index contributed by atoms with van der Waals surface area (Å²) in [4.78, 5) is 15.3. The van der Waals surface area contributed by atoms with Gasteiger partial charge in [-0.05, 0) is 0 Å². The lowest BCUT2D eigenvalue weighted by Crippen LogP contribution is -2.41. The average molecular weight is 210 g/mol. The van der Waals surface area contributed by atoms with Gasteiger partial charge < -0.3 is 5.32 Å². The fourth-order valence-corrected chi connectivity index (χ4v) is 2.29. The van der Waals surface area contributed by atoms with Gasteiger partial charge in [-0.2, -0.15) is 0 Å². The quantitative estimate of drug-likeness (QED) is 0.720. The van der Waals surface area contributed by atoms with Crippen molar-refractivity contribution < 1.29 is 4.79 Å². The van der Waals surface area contributed by atoms with E-state index < -0.39 is 0 Å². The highest BCUT2D eigenvalue weighted by Gasteiger charge is 2.30. The lowest BCUT2D eigenvalue weighted by atomic mass is 9.98. The highest BCUT2D eigenvalue weighted by atomic mass is 32.1. The topological polar surface area (TPSA) is 42.0 Å². The number of β-lactam (4-membered cyclic amide) rings is 1. The van der Waals surface area contributed by atoms with Crippen molar-refractivity contribution >= 4 is 17.2 Å². The van der Waals surface area contributed by atoms with E-state index in [0.29, 0.717) is 6.42 Å². The maximum absolute atomic E-state index is 10.8. The molecule has 0 radical (unpaired) electrons. The normalized spacial score (nSPS) is 21.6. The van der Waals surface area contributed by atoms with Crippen LogP contribution in [0.15, 0.2) is 5.38 Å². The highest BCUT2D eigenvalue weighted by molar-refractivity contribution is 7.09. The van der Waals surface area contributed by atoms with E-state index in [9.17, 15) is 4.79 Å². The molecule has 1 atom stereocenters. The fraction of sp³-hybridized carbons (Fsp3) is 0.600. The van der Waals surface area contributed by atoms with Gasteiger partial charge >= 0.3 is 0 Å². The van der Waals surface area contributed by atoms with E-state index in [1.54, 1.807) is 11.3 Å². The molecule has 2 rings (SSSR count). The number of nitrogens with one attached hydrogen (secondary N) is 1. The van der Waals surface area contributed by atoms with Gasteiger partial charge in [0.05, 0.1) is 23.2 Å². The smallest absolute Gasteiger partial charge is 0.223 e. The predicted octanol–water partition coefficient (Wildman–Crippen LogP) is 2.00. The largest absolute Gasteiger partial charge is 0.347 e. The van der Waals surface area contributed by atoms with Gasteiger partial charge in [-0.1, -0.05) is 20.8 Å². The molecule has 1 unspecified atom stereocenters. The van der Waals surface area contributed by atoms with Gasteiger partial charge in [0.2, 0.25) is 5.91 Å². The summed E-state index contributed by atoms with van der Waals surface area (Å²) in [5.74, 6) is 0.125. The molecule has 14 heavy (non-hydrogen) atoms. The molecule has 1 aromatic heterocycles. The first-order valence-corrected chi connectivity index (χ1v) is 5.60. The Labute approximate surface area is 87.6 Å². The second-order valence-corrected chi connectivity index (χ2v) is 5.51. The van der Waals surface area contributed by atoms with Crippen molar-refractivity contribution in [1.82, 2.24) is 10.3 Å². The molecule has 0 aromatic carbocycles. The Balaban J connectivity index is 2.14. The van der Waals surface area contributed by atoms with Crippen LogP contribution in [-0.4, -0.2) is 10.9 Å². The summed E-state index contributed by atoms with van der Waals surface area (Å²) in [7, 11) is 0. The maximum Gasteiger partial charge on any atom is 0.223 e. The summed E-state index contributed by atoms with van der Waals surface area (Å²) < 4.78 is 0. The Hall–Kier alpha value is -0.900. The van der Waals surface area contributed by atoms with Crippen molar-refractivity contribution in [2.45, 2.75) is 38.6 Å². The Kier molecular flexibility index (Phi) is 2.10. The van der Waals surface area contributed by atoms with E-state index in [1.807, 2.05) is 5.38 Å². The first kappa shape index (κ1) is 9.65. The summed E-state index contributed by atoms with van der Waals surface area (Å²) >= 11 is 1.67. The van der Waals surface area contributed by atoms with Crippen molar-refractivity contribution in [3.05, 3.63) is 16.1 Å². The SMILES string of the molecule is CC(C)(C)c1nc(C2CC(=O)N2)cs1. The lowest BCUT2D eigenvalue weighted by molar-refractivity contribution is -0.128. The third-order valence-electron chi connectivity index (χ3n) is 2.25. The molecular formula is C10H14N2OS. The second kappa shape index (κ2) is 3.05. The van der Waals surface area contributed by atoms with Gasteiger partial charge in [0.25, 0.3) is 0 Å². The molecule has 4 heteroatoms. The molecule has 0 aliphatic carbocycles. The standard InChI is InChI=1S/C10H14N2OS/c1-10(2,3)9-12-7(5-14-9)6-4-8(13)11-6/h5-6H,4H2,1-3H3,(H,11,13). The summed E-state index contributed by atoms with van der Waals surface area (Å²) in [5, 5.41) is 6.01. The van der Waals surface area contributed by atoms with Crippen LogP contribution in [0.25, 0.3) is 0 Å². The van der Waals surface area contributed by atoms with Gasteiger partial charge in [0.15, 0.2) is 0 Å². The molecule has 1 saturated heterocycles. The van der Waals surface area contributed by atoms with Crippen molar-refractivity contribution in [3.8, 4) is 0 Å². The van der Waals surface area contributed by atoms with E-state index in [0.717, 1.165) is 10.7 Å². The molecule has 3 nitrogen and oxygen atoms in total. The zero-order valence-corrected chi connectivity index (χ0v) is 9.44. The number of carbonyl (C=O) groups excluding carboxylic acids is 1. The molecule has 2 heterocycles. The zero-order chi connectivity index (χ0) is 10.3. The molecule has 0 spiro atoms. The molecule has 1 aromatic rings. The summed E-state index contributed by atoms with van der Waals surface area (Å²) in [5.41, 5.74) is 1.12. The predicted molar refractivity (Wildman–Crippen MR) is 56.3 cm³/mol. The second-order valence-electron chi connectivity index (χ2n) is 4.65. The summed E-state index contributed by atoms with van der Waals surface area (Å²) in [6.45, 7) is 6.44. The molecule has 0 saturated carbocycles. The minimum Gasteiger partial charge on any atom is -0.347 e. The number of rotatable bonds is 1. The third-order valence-corrected chi connectivity index (χ3v) is 3.53. The van der Waals surface area contributed by atoms with E-state index in [-0.39, 0.29) is 17.4 Å². The Morgan fingerprint density at radius 2 is 2.21 bits per heavy atom. The molecule has 1 N–H and O–H groups in total. The van der Waals surface area contributed by atoms with E-state index in [1.165, 1.54) is 0 Å². The van der Waals surface area contributed by atoms with Crippen LogP contribution in [0.3, 0.4) is 0 Å². The van der Waals surface area contributed by atoms with Gasteiger partial charge in [-0.3, -0.25) is 4.79 Å². The van der Waals surface area contributed by atoms with Crippen LogP contribution in [0.1, 0.15) is 43.9 Å². The molecule has 1 amide bonds. The number of carbonyl (C=O) groups is 1. The van der Waals surface area contributed by atoms with Gasteiger partial charge in [0.1, 0.15) is 0 Å². The molecule has 0 bridgehead atoms. The number of nitrogens with zero attached hydrogens (tertiary/aromatic N) is 1. The summed E-state index contributed by atoms with van der Waals surface area (Å²) in [6, 6.07) is 0.162. The Bertz CT molecular complexity index is 356. The van der Waals surface area contributed by atoms with Crippen LogP contribution in [0.4, 0.5) is 0 Å². The number of hydrogen-bond acceptors (Lipinski definition) is 3. The number of amides is 1. The molecule has 1 fully saturated rings. The van der Waals surface area contributed by atoms with Crippen molar-refractivity contribution in [2.75, 3.05) is 0 Å². The highest BCUT2D eigenvalue weighted by Crippen LogP contribution is 2.30. The van der Waals surface area contributed by atoms with Crippen LogP contribution in [0, 0.1) is 0 Å². The first-order chi connectivity index (χ1) is 6.47. The summed E-state index contributed by atoms with van der Waals surface area (Å²) in [6.07, 6.45) is 0.591. The van der Waals surface area contributed by atoms with E-state index in [2.05, 4.69) is 31.1 Å². The lowest BCUT2D eigenvalue weighted by Gasteiger charge is -2.25. The third kappa shape index (κ3) is 1.66. The van der Waals surface area contributed by atoms with Crippen LogP contribution in [-0.2, 0) is 10.2 Å². The minimum absolute atomic E-state index is 0.108. The molecular weight excluding hydrogens is 196 g/mol. The monoisotopic (exact) mass is 210 g/mol. The van der Waals surface area contributed by atoms with Crippen LogP contribution in [0.5, 0.6) is 0 Å². The molecule has 1 aliphatic rings. The maximum atomic E-state index is 10.8. The number of thiazole rings is 1. The van der Waals surface area contributed by atoms with Crippen molar-refractivity contribution in [2.24, 2.45) is 0 Å². The van der Waals surface area contributed by atoms with Crippen molar-refractivity contribution in [1.29, 1.82) is 0 Å². The van der Waals surface area contributed by atoms with Gasteiger partial charge in [0, 0.05) is 10.8 Å². The van der Waals surface area contributed by atoms with Gasteiger partial charge in [-0.15, -0.1) is 11.3 Å². The van der Waals surface area contributed by atoms with E-state index in [4.69, 9.17) is 0 Å². The zero-order valence-electron chi connectivity index (χ0n) is 8.63. The van der Waals surface area contributed by atoms with Crippen LogP contribution >= 0.6 is 11.3 Å². The number of aromatic nitrogens is 1. The average Bonchev–Trinajstić information content (AvgIpc) is 2.45. The minimum atomic E-state index is 0.108. The van der Waals surface area contributed by atoms with E-state index >= 15 is 0 Å². The molecule has 76 valence electrons. The number of hydrogen-bond donors (Lipinski definition) is 1. The first-order valence-electron chi connectivity index (χ1n) is 4.72. The Morgan fingerprint density at radius 1 is 1.57 bits per heavy atom. The van der Waals surface area contributed by atoms with Crippen LogP contribution in [0.2, 0.25) is 0 Å². The van der Waals surface area contributed by atoms with Gasteiger partial charge in [-0.25, -0.2) is 4.98 Å². The molecule has 1 aliphatic heterocycles. The van der Waals surface area contributed by atoms with Crippen molar-refractivity contribution in [3.63, 3.8) is 0 Å². The van der Waals surface area contributed by atoms with Crippen LogP contribution < -0.4 is 5.32 Å². The Morgan fingerprint density at radius 3 is 2.64 bits per heavy atom.